The van der Waals surface area contributed by atoms with Crippen LogP contribution in [0.15, 0.2) is 36.5 Å². The Labute approximate surface area is 118 Å². The zero-order valence-electron chi connectivity index (χ0n) is 11.6. The van der Waals surface area contributed by atoms with E-state index in [0.717, 1.165) is 17.7 Å². The van der Waals surface area contributed by atoms with E-state index in [9.17, 15) is 4.79 Å². The van der Waals surface area contributed by atoms with Crippen molar-refractivity contribution in [1.82, 2.24) is 9.78 Å². The van der Waals surface area contributed by atoms with E-state index < -0.39 is 0 Å². The number of carbonyl (C=O) groups is 1. The second-order valence-corrected chi connectivity index (χ2v) is 5.28. The molecule has 2 N–H and O–H groups in total. The van der Waals surface area contributed by atoms with Crippen molar-refractivity contribution >= 4 is 17.4 Å². The van der Waals surface area contributed by atoms with Gasteiger partial charge in [-0.15, -0.1) is 0 Å². The first-order valence-electron chi connectivity index (χ1n) is 6.79. The standard InChI is InChI=1S/C15H18N4O/c1-10-9-12(11-5-3-4-6-13(11)16-10)15(20)17-14-7-8-19(2)18-14/h3-8,10,12,16H,9H2,1-2H3,(H,17,18,20). The van der Waals surface area contributed by atoms with Crippen LogP contribution in [0.4, 0.5) is 11.5 Å². The molecule has 0 saturated carbocycles. The van der Waals surface area contributed by atoms with Crippen LogP contribution in [0, 0.1) is 0 Å². The molecule has 1 aromatic carbocycles. The molecule has 2 atom stereocenters. The maximum atomic E-state index is 12.5. The SMILES string of the molecule is CC1CC(C(=O)Nc2ccn(C)n2)c2ccccc2N1. The first kappa shape index (κ1) is 12.7. The predicted molar refractivity (Wildman–Crippen MR) is 78.7 cm³/mol. The molecule has 1 aliphatic heterocycles. The lowest BCUT2D eigenvalue weighted by Gasteiger charge is -2.30. The van der Waals surface area contributed by atoms with Gasteiger partial charge in [0.1, 0.15) is 0 Å². The lowest BCUT2D eigenvalue weighted by Crippen LogP contribution is -2.32. The minimum absolute atomic E-state index is 0.00417. The molecule has 1 aliphatic rings. The second-order valence-electron chi connectivity index (χ2n) is 5.28. The molecule has 5 heteroatoms. The quantitative estimate of drug-likeness (QED) is 0.880. The topological polar surface area (TPSA) is 59.0 Å². The molecule has 0 aliphatic carbocycles. The maximum Gasteiger partial charge on any atom is 0.233 e. The Morgan fingerprint density at radius 2 is 2.20 bits per heavy atom. The van der Waals surface area contributed by atoms with Gasteiger partial charge < -0.3 is 10.6 Å². The summed E-state index contributed by atoms with van der Waals surface area (Å²) in [6.07, 6.45) is 2.60. The van der Waals surface area contributed by atoms with Gasteiger partial charge in [0, 0.05) is 31.0 Å². The molecule has 2 heterocycles. The number of hydrogen-bond acceptors (Lipinski definition) is 3. The zero-order valence-corrected chi connectivity index (χ0v) is 11.6. The average molecular weight is 270 g/mol. The highest BCUT2D eigenvalue weighted by atomic mass is 16.2. The third kappa shape index (κ3) is 2.39. The number of nitrogens with zero attached hydrogens (tertiary/aromatic N) is 2. The van der Waals surface area contributed by atoms with Crippen LogP contribution in [0.5, 0.6) is 0 Å². The van der Waals surface area contributed by atoms with Gasteiger partial charge in [-0.3, -0.25) is 9.48 Å². The van der Waals surface area contributed by atoms with Crippen LogP contribution in [0.3, 0.4) is 0 Å². The Bertz CT molecular complexity index is 634. The summed E-state index contributed by atoms with van der Waals surface area (Å²) >= 11 is 0. The van der Waals surface area contributed by atoms with Gasteiger partial charge in [-0.1, -0.05) is 18.2 Å². The van der Waals surface area contributed by atoms with Crippen LogP contribution in [0.2, 0.25) is 0 Å². The summed E-state index contributed by atoms with van der Waals surface area (Å²) in [6.45, 7) is 2.09. The Hall–Kier alpha value is -2.30. The summed E-state index contributed by atoms with van der Waals surface area (Å²) in [4.78, 5) is 12.5. The largest absolute Gasteiger partial charge is 0.382 e. The molecule has 1 amide bonds. The lowest BCUT2D eigenvalue weighted by atomic mass is 9.87. The number of amides is 1. The summed E-state index contributed by atoms with van der Waals surface area (Å²) in [6, 6.07) is 10.1. The van der Waals surface area contributed by atoms with Gasteiger partial charge in [-0.2, -0.15) is 5.10 Å². The molecule has 1 aromatic heterocycles. The van der Waals surface area contributed by atoms with Crippen molar-refractivity contribution < 1.29 is 4.79 Å². The van der Waals surface area contributed by atoms with Crippen molar-refractivity contribution in [3.8, 4) is 0 Å². The molecule has 20 heavy (non-hydrogen) atoms. The first-order valence-corrected chi connectivity index (χ1v) is 6.79. The van der Waals surface area contributed by atoms with Crippen LogP contribution >= 0.6 is 0 Å². The Morgan fingerprint density at radius 1 is 1.40 bits per heavy atom. The summed E-state index contributed by atoms with van der Waals surface area (Å²) in [7, 11) is 1.83. The van der Waals surface area contributed by atoms with E-state index in [2.05, 4.69) is 22.7 Å². The number of aryl methyl sites for hydroxylation is 1. The average Bonchev–Trinajstić information content (AvgIpc) is 2.83. The van der Waals surface area contributed by atoms with Gasteiger partial charge in [0.05, 0.1) is 5.92 Å². The minimum Gasteiger partial charge on any atom is -0.382 e. The number of benzene rings is 1. The number of anilines is 2. The third-order valence-electron chi connectivity index (χ3n) is 3.61. The highest BCUT2D eigenvalue weighted by Gasteiger charge is 2.29. The second kappa shape index (κ2) is 5.00. The van der Waals surface area contributed by atoms with Gasteiger partial charge in [0.25, 0.3) is 0 Å². The number of para-hydroxylation sites is 1. The predicted octanol–water partition coefficient (Wildman–Crippen LogP) is 2.35. The van der Waals surface area contributed by atoms with Gasteiger partial charge >= 0.3 is 0 Å². The molecular formula is C15H18N4O. The number of aromatic nitrogens is 2. The van der Waals surface area contributed by atoms with Crippen LogP contribution < -0.4 is 10.6 Å². The van der Waals surface area contributed by atoms with Crippen LogP contribution in [-0.2, 0) is 11.8 Å². The summed E-state index contributed by atoms with van der Waals surface area (Å²) < 4.78 is 1.68. The maximum absolute atomic E-state index is 12.5. The fraction of sp³-hybridized carbons (Fsp3) is 0.333. The monoisotopic (exact) mass is 270 g/mol. The van der Waals surface area contributed by atoms with Crippen molar-refractivity contribution in [3.05, 3.63) is 42.1 Å². The number of fused-ring (bicyclic) bond motifs is 1. The molecule has 0 bridgehead atoms. The first-order chi connectivity index (χ1) is 9.63. The molecule has 0 saturated heterocycles. The van der Waals surface area contributed by atoms with E-state index in [4.69, 9.17) is 0 Å². The van der Waals surface area contributed by atoms with E-state index in [1.807, 2.05) is 37.5 Å². The van der Waals surface area contributed by atoms with Crippen LogP contribution in [0.1, 0.15) is 24.8 Å². The number of carbonyl (C=O) groups excluding carboxylic acids is 1. The van der Waals surface area contributed by atoms with Crippen molar-refractivity contribution in [1.29, 1.82) is 0 Å². The number of hydrogen-bond donors (Lipinski definition) is 2. The van der Waals surface area contributed by atoms with E-state index in [-0.39, 0.29) is 17.9 Å². The van der Waals surface area contributed by atoms with Crippen LogP contribution in [-0.4, -0.2) is 21.7 Å². The van der Waals surface area contributed by atoms with E-state index in [0.29, 0.717) is 5.82 Å². The summed E-state index contributed by atoms with van der Waals surface area (Å²) in [5.41, 5.74) is 2.10. The minimum atomic E-state index is -0.135. The molecule has 2 aromatic rings. The van der Waals surface area contributed by atoms with Crippen LogP contribution in [0.25, 0.3) is 0 Å². The van der Waals surface area contributed by atoms with Gasteiger partial charge in [0.2, 0.25) is 5.91 Å². The Balaban J connectivity index is 1.84. The van der Waals surface area contributed by atoms with Gasteiger partial charge in [-0.05, 0) is 25.0 Å². The van der Waals surface area contributed by atoms with Crippen molar-refractivity contribution in [2.24, 2.45) is 7.05 Å². The van der Waals surface area contributed by atoms with Crippen molar-refractivity contribution in [3.63, 3.8) is 0 Å². The highest BCUT2D eigenvalue weighted by Crippen LogP contribution is 2.34. The molecule has 0 radical (unpaired) electrons. The smallest absolute Gasteiger partial charge is 0.233 e. The van der Waals surface area contributed by atoms with Gasteiger partial charge in [0.15, 0.2) is 5.82 Å². The lowest BCUT2D eigenvalue weighted by molar-refractivity contribution is -0.117. The Kier molecular flexibility index (Phi) is 3.18. The molecule has 3 rings (SSSR count). The molecule has 0 spiro atoms. The molecule has 0 fully saturated rings. The molecular weight excluding hydrogens is 252 g/mol. The van der Waals surface area contributed by atoms with E-state index >= 15 is 0 Å². The molecule has 5 nitrogen and oxygen atoms in total. The van der Waals surface area contributed by atoms with Crippen molar-refractivity contribution in [2.75, 3.05) is 10.6 Å². The van der Waals surface area contributed by atoms with Crippen molar-refractivity contribution in [2.45, 2.75) is 25.3 Å². The third-order valence-corrected chi connectivity index (χ3v) is 3.61. The summed E-state index contributed by atoms with van der Waals surface area (Å²) in [5.74, 6) is 0.468. The molecule has 2 unspecified atom stereocenters. The van der Waals surface area contributed by atoms with Gasteiger partial charge in [-0.25, -0.2) is 0 Å². The number of rotatable bonds is 2. The normalized spacial score (nSPS) is 20.9. The van der Waals surface area contributed by atoms with E-state index in [1.165, 1.54) is 0 Å². The number of nitrogens with one attached hydrogen (secondary N) is 2. The Morgan fingerprint density at radius 3 is 2.95 bits per heavy atom. The fourth-order valence-corrected chi connectivity index (χ4v) is 2.68. The molecule has 104 valence electrons. The zero-order chi connectivity index (χ0) is 14.1. The fourth-order valence-electron chi connectivity index (χ4n) is 2.68. The van der Waals surface area contributed by atoms with E-state index in [1.54, 1.807) is 10.7 Å². The highest BCUT2D eigenvalue weighted by molar-refractivity contribution is 5.96. The summed E-state index contributed by atoms with van der Waals surface area (Å²) in [5, 5.41) is 10.5.